The van der Waals surface area contributed by atoms with Gasteiger partial charge in [0.2, 0.25) is 0 Å². The molecule has 2 aliphatic rings. The quantitative estimate of drug-likeness (QED) is 0.523. The van der Waals surface area contributed by atoms with E-state index in [1.165, 1.54) is 17.5 Å². The molecule has 0 aromatic heterocycles. The fourth-order valence-corrected chi connectivity index (χ4v) is 16.2. The number of rotatable bonds is 4. The second-order valence-corrected chi connectivity index (χ2v) is 13.3. The van der Waals surface area contributed by atoms with Crippen molar-refractivity contribution in [3.8, 4) is 11.5 Å². The standard InChI is InChI=1S/C20H20O2Se2/c1-21-16-10-6-14(7-11-16)20(15-8-12-17(22-2)13-9-15)18-4-3-5-19(18)23-24-20/h3,5-13,18-19H,4H2,1-2H3. The van der Waals surface area contributed by atoms with Gasteiger partial charge in [-0.15, -0.1) is 0 Å². The van der Waals surface area contributed by atoms with Gasteiger partial charge in [0.25, 0.3) is 0 Å². The van der Waals surface area contributed by atoms with Crippen LogP contribution in [0.2, 0.25) is 4.82 Å². The van der Waals surface area contributed by atoms with Crippen molar-refractivity contribution < 1.29 is 9.47 Å². The van der Waals surface area contributed by atoms with Gasteiger partial charge in [-0.1, -0.05) is 0 Å². The molecule has 0 radical (unpaired) electrons. The Labute approximate surface area is 154 Å². The van der Waals surface area contributed by atoms with E-state index in [4.69, 9.17) is 9.47 Å². The zero-order valence-electron chi connectivity index (χ0n) is 13.8. The van der Waals surface area contributed by atoms with Crippen LogP contribution >= 0.6 is 0 Å². The van der Waals surface area contributed by atoms with Gasteiger partial charge in [-0.3, -0.25) is 0 Å². The van der Waals surface area contributed by atoms with Gasteiger partial charge in [-0.2, -0.15) is 0 Å². The Morgan fingerprint density at radius 1 is 0.875 bits per heavy atom. The van der Waals surface area contributed by atoms with E-state index in [0.717, 1.165) is 16.3 Å². The molecule has 2 aromatic carbocycles. The third-order valence-corrected chi connectivity index (χ3v) is 15.2. The van der Waals surface area contributed by atoms with Crippen LogP contribution in [0, 0.1) is 5.92 Å². The average molecular weight is 450 g/mol. The fraction of sp³-hybridized carbons (Fsp3) is 0.300. The van der Waals surface area contributed by atoms with Crippen LogP contribution in [0.5, 0.6) is 11.5 Å². The molecule has 1 heterocycles. The topological polar surface area (TPSA) is 18.5 Å². The third kappa shape index (κ3) is 2.53. The van der Waals surface area contributed by atoms with E-state index < -0.39 is 0 Å². The third-order valence-electron chi connectivity index (χ3n) is 4.96. The summed E-state index contributed by atoms with van der Waals surface area (Å²) in [5, 5.41) is 0. The molecule has 2 unspecified atom stereocenters. The predicted octanol–water partition coefficient (Wildman–Crippen LogP) is 3.65. The predicted molar refractivity (Wildman–Crippen MR) is 99.3 cm³/mol. The van der Waals surface area contributed by atoms with Crippen molar-refractivity contribution >= 4 is 26.3 Å². The van der Waals surface area contributed by atoms with Crippen LogP contribution in [-0.4, -0.2) is 40.5 Å². The maximum absolute atomic E-state index is 5.37. The van der Waals surface area contributed by atoms with Crippen molar-refractivity contribution in [3.63, 3.8) is 0 Å². The number of hydrogen-bond acceptors (Lipinski definition) is 2. The minimum absolute atomic E-state index is 0.180. The van der Waals surface area contributed by atoms with E-state index in [9.17, 15) is 0 Å². The molecule has 0 saturated carbocycles. The van der Waals surface area contributed by atoms with Crippen LogP contribution < -0.4 is 9.47 Å². The van der Waals surface area contributed by atoms with Crippen molar-refractivity contribution in [1.29, 1.82) is 0 Å². The summed E-state index contributed by atoms with van der Waals surface area (Å²) in [4.78, 5) is 0.793. The number of methoxy groups -OCH3 is 2. The summed E-state index contributed by atoms with van der Waals surface area (Å²) in [6, 6.07) is 17.6. The van der Waals surface area contributed by atoms with E-state index in [2.05, 4.69) is 60.7 Å². The number of fused-ring (bicyclic) bond motifs is 1. The second kappa shape index (κ2) is 6.61. The summed E-state index contributed by atoms with van der Waals surface area (Å²) in [5.74, 6) is 2.57. The van der Waals surface area contributed by atoms with E-state index in [1.807, 2.05) is 0 Å². The summed E-state index contributed by atoms with van der Waals surface area (Å²) < 4.78 is 10.9. The first-order valence-electron chi connectivity index (χ1n) is 8.08. The van der Waals surface area contributed by atoms with E-state index in [1.54, 1.807) is 14.2 Å². The molecule has 1 saturated heterocycles. The van der Waals surface area contributed by atoms with Crippen molar-refractivity contribution in [3.05, 3.63) is 71.8 Å². The molecule has 0 N–H and O–H groups in total. The van der Waals surface area contributed by atoms with Crippen LogP contribution in [0.3, 0.4) is 0 Å². The molecule has 4 rings (SSSR count). The maximum atomic E-state index is 5.37. The molecule has 2 atom stereocenters. The van der Waals surface area contributed by atoms with Crippen LogP contribution in [0.1, 0.15) is 17.5 Å². The first-order chi connectivity index (χ1) is 11.8. The molecular weight excluding hydrogens is 430 g/mol. The van der Waals surface area contributed by atoms with Gasteiger partial charge >= 0.3 is 155 Å². The Morgan fingerprint density at radius 3 is 1.92 bits per heavy atom. The molecule has 1 aliphatic heterocycles. The molecule has 1 fully saturated rings. The Morgan fingerprint density at radius 2 is 1.42 bits per heavy atom. The average Bonchev–Trinajstić information content (AvgIpc) is 3.25. The van der Waals surface area contributed by atoms with Gasteiger partial charge in [0.1, 0.15) is 0 Å². The second-order valence-electron chi connectivity index (χ2n) is 6.11. The van der Waals surface area contributed by atoms with Crippen LogP contribution in [0.15, 0.2) is 60.7 Å². The van der Waals surface area contributed by atoms with Crippen molar-refractivity contribution in [2.75, 3.05) is 14.2 Å². The van der Waals surface area contributed by atoms with Gasteiger partial charge in [0.05, 0.1) is 0 Å². The van der Waals surface area contributed by atoms with E-state index in [0.29, 0.717) is 32.2 Å². The van der Waals surface area contributed by atoms with Crippen LogP contribution in [-0.2, 0) is 4.31 Å². The minimum atomic E-state index is 0.180. The van der Waals surface area contributed by atoms with Crippen LogP contribution in [0.4, 0.5) is 0 Å². The molecule has 0 amide bonds. The molecule has 2 nitrogen and oxygen atoms in total. The SMILES string of the molecule is COc1ccc(C2(c3ccc(OC)cc3)[Se][Se]C3C=CCC32)cc1. The van der Waals surface area contributed by atoms with E-state index in [-0.39, 0.29) is 4.31 Å². The Hall–Kier alpha value is -1.18. The van der Waals surface area contributed by atoms with Crippen molar-refractivity contribution in [2.45, 2.75) is 15.6 Å². The van der Waals surface area contributed by atoms with Crippen molar-refractivity contribution in [1.82, 2.24) is 0 Å². The summed E-state index contributed by atoms with van der Waals surface area (Å²) in [6.07, 6.45) is 6.07. The fourth-order valence-electron chi connectivity index (χ4n) is 3.69. The molecular formula is C20H20O2Se2. The van der Waals surface area contributed by atoms with Crippen LogP contribution in [0.25, 0.3) is 0 Å². The van der Waals surface area contributed by atoms with Crippen molar-refractivity contribution in [2.24, 2.45) is 5.92 Å². The molecule has 124 valence electrons. The number of benzene rings is 2. The van der Waals surface area contributed by atoms with Gasteiger partial charge in [-0.25, -0.2) is 0 Å². The number of ether oxygens (including phenoxy) is 2. The molecule has 24 heavy (non-hydrogen) atoms. The first kappa shape index (κ1) is 16.3. The molecule has 0 spiro atoms. The normalized spacial score (nSPS) is 23.9. The van der Waals surface area contributed by atoms with Gasteiger partial charge in [0, 0.05) is 0 Å². The summed E-state index contributed by atoms with van der Waals surface area (Å²) >= 11 is 1.31. The zero-order chi connectivity index (χ0) is 16.6. The molecule has 1 aliphatic carbocycles. The van der Waals surface area contributed by atoms with Gasteiger partial charge in [-0.05, 0) is 0 Å². The molecule has 0 bridgehead atoms. The van der Waals surface area contributed by atoms with Gasteiger partial charge < -0.3 is 0 Å². The Balaban J connectivity index is 1.82. The van der Waals surface area contributed by atoms with Gasteiger partial charge in [0.15, 0.2) is 0 Å². The molecule has 4 heteroatoms. The van der Waals surface area contributed by atoms with E-state index >= 15 is 0 Å². The first-order valence-corrected chi connectivity index (χ1v) is 14.3. The number of allylic oxidation sites excluding steroid dienone is 2. The number of hydrogen-bond donors (Lipinski definition) is 0. The Bertz CT molecular complexity index is 690. The zero-order valence-corrected chi connectivity index (χ0v) is 17.2. The summed E-state index contributed by atoms with van der Waals surface area (Å²) in [7, 11) is 3.46. The summed E-state index contributed by atoms with van der Waals surface area (Å²) in [5.41, 5.74) is 2.90. The molecule has 2 aromatic rings. The summed E-state index contributed by atoms with van der Waals surface area (Å²) in [6.45, 7) is 0. The monoisotopic (exact) mass is 452 g/mol. The Kier molecular flexibility index (Phi) is 4.49.